The number of benzene rings is 1. The lowest BCUT2D eigenvalue weighted by Gasteiger charge is -2.32. The summed E-state index contributed by atoms with van der Waals surface area (Å²) in [6.07, 6.45) is -0.170. The second-order valence-corrected chi connectivity index (χ2v) is 5.84. The highest BCUT2D eigenvalue weighted by molar-refractivity contribution is 5.95. The van der Waals surface area contributed by atoms with Gasteiger partial charge in [-0.25, -0.2) is 0 Å². The lowest BCUT2D eigenvalue weighted by Crippen LogP contribution is -2.47. The Hall–Kier alpha value is -1.55. The molecule has 1 heterocycles. The van der Waals surface area contributed by atoms with Crippen LogP contribution in [0.3, 0.4) is 0 Å². The largest absolute Gasteiger partial charge is 0.378 e. The second kappa shape index (κ2) is 4.85. The molecule has 0 aromatic heterocycles. The standard InChI is InChI=1S/C15H22N2O2/c1-11-17(15(2,3)10-19-11)14(18)12-6-8-13(9-7-12)16(4)5/h6-9,11H,10H2,1-5H3. The van der Waals surface area contributed by atoms with Crippen LogP contribution in [0.1, 0.15) is 31.1 Å². The van der Waals surface area contributed by atoms with E-state index in [1.165, 1.54) is 0 Å². The molecule has 1 atom stereocenters. The maximum absolute atomic E-state index is 12.6. The van der Waals surface area contributed by atoms with E-state index in [4.69, 9.17) is 4.74 Å². The zero-order chi connectivity index (χ0) is 14.2. The molecule has 0 N–H and O–H groups in total. The average Bonchev–Trinajstić information content (AvgIpc) is 2.63. The maximum atomic E-state index is 12.6. The molecular weight excluding hydrogens is 240 g/mol. The molecule has 0 radical (unpaired) electrons. The molecule has 0 aliphatic carbocycles. The van der Waals surface area contributed by atoms with Gasteiger partial charge < -0.3 is 14.5 Å². The van der Waals surface area contributed by atoms with Crippen LogP contribution in [0, 0.1) is 0 Å². The quantitative estimate of drug-likeness (QED) is 0.820. The second-order valence-electron chi connectivity index (χ2n) is 5.84. The highest BCUT2D eigenvalue weighted by Gasteiger charge is 2.41. The summed E-state index contributed by atoms with van der Waals surface area (Å²) in [7, 11) is 3.96. The van der Waals surface area contributed by atoms with Crippen molar-refractivity contribution >= 4 is 11.6 Å². The van der Waals surface area contributed by atoms with Gasteiger partial charge in [-0.1, -0.05) is 0 Å². The Balaban J connectivity index is 2.24. The number of rotatable bonds is 2. The Morgan fingerprint density at radius 1 is 1.32 bits per heavy atom. The molecule has 1 amide bonds. The minimum Gasteiger partial charge on any atom is -0.378 e. The lowest BCUT2D eigenvalue weighted by molar-refractivity contribution is 0.0307. The van der Waals surface area contributed by atoms with E-state index in [2.05, 4.69) is 0 Å². The van der Waals surface area contributed by atoms with E-state index >= 15 is 0 Å². The highest BCUT2D eigenvalue weighted by Crippen LogP contribution is 2.28. The van der Waals surface area contributed by atoms with Crippen molar-refractivity contribution in [1.82, 2.24) is 4.90 Å². The molecular formula is C15H22N2O2. The fraction of sp³-hybridized carbons (Fsp3) is 0.533. The molecule has 0 bridgehead atoms. The molecule has 1 aliphatic rings. The van der Waals surface area contributed by atoms with E-state index < -0.39 is 0 Å². The number of nitrogens with zero attached hydrogens (tertiary/aromatic N) is 2. The molecule has 4 nitrogen and oxygen atoms in total. The first-order chi connectivity index (χ1) is 8.83. The molecule has 104 valence electrons. The summed E-state index contributed by atoms with van der Waals surface area (Å²) in [5.74, 6) is 0.0281. The minimum atomic E-state index is -0.253. The number of carbonyl (C=O) groups is 1. The SMILES string of the molecule is CC1OCC(C)(C)N1C(=O)c1ccc(N(C)C)cc1. The van der Waals surface area contributed by atoms with Crippen molar-refractivity contribution in [1.29, 1.82) is 0 Å². The number of hydrogen-bond donors (Lipinski definition) is 0. The van der Waals surface area contributed by atoms with Gasteiger partial charge in [-0.05, 0) is 45.0 Å². The van der Waals surface area contributed by atoms with Gasteiger partial charge in [0.05, 0.1) is 12.1 Å². The van der Waals surface area contributed by atoms with Crippen LogP contribution in [0.5, 0.6) is 0 Å². The van der Waals surface area contributed by atoms with Gasteiger partial charge in [-0.2, -0.15) is 0 Å². The third-order valence-electron chi connectivity index (χ3n) is 3.54. The summed E-state index contributed by atoms with van der Waals surface area (Å²) >= 11 is 0. The number of carbonyl (C=O) groups excluding carboxylic acids is 1. The van der Waals surface area contributed by atoms with Crippen LogP contribution >= 0.6 is 0 Å². The van der Waals surface area contributed by atoms with Gasteiger partial charge in [0, 0.05) is 25.3 Å². The van der Waals surface area contributed by atoms with E-state index in [1.54, 1.807) is 0 Å². The summed E-state index contributed by atoms with van der Waals surface area (Å²) in [4.78, 5) is 16.4. The summed E-state index contributed by atoms with van der Waals surface area (Å²) in [6.45, 7) is 6.56. The van der Waals surface area contributed by atoms with Crippen LogP contribution in [0.2, 0.25) is 0 Å². The first-order valence-corrected chi connectivity index (χ1v) is 6.55. The summed E-state index contributed by atoms with van der Waals surface area (Å²) < 4.78 is 5.58. The highest BCUT2D eigenvalue weighted by atomic mass is 16.5. The van der Waals surface area contributed by atoms with Crippen molar-refractivity contribution in [3.8, 4) is 0 Å². The molecule has 1 aromatic rings. The zero-order valence-corrected chi connectivity index (χ0v) is 12.3. The molecule has 2 rings (SSSR count). The van der Waals surface area contributed by atoms with Crippen LogP contribution in [0.25, 0.3) is 0 Å². The van der Waals surface area contributed by atoms with Gasteiger partial charge in [0.25, 0.3) is 5.91 Å². The Labute approximate surface area is 115 Å². The van der Waals surface area contributed by atoms with Crippen molar-refractivity contribution in [2.24, 2.45) is 0 Å². The van der Waals surface area contributed by atoms with E-state index in [9.17, 15) is 4.79 Å². The summed E-state index contributed by atoms with van der Waals surface area (Å²) in [5.41, 5.74) is 1.54. The van der Waals surface area contributed by atoms with Gasteiger partial charge in [-0.3, -0.25) is 4.79 Å². The minimum absolute atomic E-state index is 0.0281. The van der Waals surface area contributed by atoms with Crippen LogP contribution in [-0.4, -0.2) is 43.3 Å². The van der Waals surface area contributed by atoms with E-state index in [-0.39, 0.29) is 17.7 Å². The van der Waals surface area contributed by atoms with Crippen molar-refractivity contribution in [3.63, 3.8) is 0 Å². The number of hydrogen-bond acceptors (Lipinski definition) is 3. The number of anilines is 1. The molecule has 19 heavy (non-hydrogen) atoms. The van der Waals surface area contributed by atoms with E-state index in [0.29, 0.717) is 12.2 Å². The van der Waals surface area contributed by atoms with Crippen LogP contribution in [-0.2, 0) is 4.74 Å². The van der Waals surface area contributed by atoms with Gasteiger partial charge in [0.2, 0.25) is 0 Å². The fourth-order valence-corrected chi connectivity index (χ4v) is 2.44. The summed E-state index contributed by atoms with van der Waals surface area (Å²) in [6, 6.07) is 7.67. The first kappa shape index (κ1) is 13.9. The van der Waals surface area contributed by atoms with E-state index in [0.717, 1.165) is 5.69 Å². The summed E-state index contributed by atoms with van der Waals surface area (Å²) in [5, 5.41) is 0. The van der Waals surface area contributed by atoms with Gasteiger partial charge in [0.15, 0.2) is 0 Å². The molecule has 1 aliphatic heterocycles. The third-order valence-corrected chi connectivity index (χ3v) is 3.54. The van der Waals surface area contributed by atoms with Gasteiger partial charge in [0.1, 0.15) is 6.23 Å². The molecule has 0 spiro atoms. The average molecular weight is 262 g/mol. The van der Waals surface area contributed by atoms with Crippen LogP contribution < -0.4 is 4.90 Å². The normalized spacial score (nSPS) is 21.5. The van der Waals surface area contributed by atoms with Gasteiger partial charge in [-0.15, -0.1) is 0 Å². The Morgan fingerprint density at radius 3 is 2.32 bits per heavy atom. The fourth-order valence-electron chi connectivity index (χ4n) is 2.44. The third kappa shape index (κ3) is 2.59. The predicted octanol–water partition coefficient (Wildman–Crippen LogP) is 2.35. The molecule has 1 aromatic carbocycles. The predicted molar refractivity (Wildman–Crippen MR) is 76.4 cm³/mol. The maximum Gasteiger partial charge on any atom is 0.256 e. The van der Waals surface area contributed by atoms with Crippen molar-refractivity contribution in [2.45, 2.75) is 32.5 Å². The molecule has 1 unspecified atom stereocenters. The Morgan fingerprint density at radius 2 is 1.89 bits per heavy atom. The zero-order valence-electron chi connectivity index (χ0n) is 12.3. The lowest BCUT2D eigenvalue weighted by atomic mass is 10.0. The Bertz CT molecular complexity index is 466. The Kier molecular flexibility index (Phi) is 3.54. The molecule has 0 saturated carbocycles. The van der Waals surface area contributed by atoms with Crippen molar-refractivity contribution < 1.29 is 9.53 Å². The molecule has 1 fully saturated rings. The van der Waals surface area contributed by atoms with Crippen molar-refractivity contribution in [2.75, 3.05) is 25.6 Å². The monoisotopic (exact) mass is 262 g/mol. The van der Waals surface area contributed by atoms with Crippen LogP contribution in [0.4, 0.5) is 5.69 Å². The number of amides is 1. The van der Waals surface area contributed by atoms with Crippen LogP contribution in [0.15, 0.2) is 24.3 Å². The van der Waals surface area contributed by atoms with Gasteiger partial charge >= 0.3 is 0 Å². The molecule has 4 heteroatoms. The van der Waals surface area contributed by atoms with Crippen molar-refractivity contribution in [3.05, 3.63) is 29.8 Å². The topological polar surface area (TPSA) is 32.8 Å². The van der Waals surface area contributed by atoms with E-state index in [1.807, 2.05) is 68.9 Å². The first-order valence-electron chi connectivity index (χ1n) is 6.55. The molecule has 1 saturated heterocycles. The smallest absolute Gasteiger partial charge is 0.256 e. The number of ether oxygens (including phenoxy) is 1.